The van der Waals surface area contributed by atoms with Crippen LogP contribution in [0.25, 0.3) is 0 Å². The number of ether oxygens (including phenoxy) is 2. The Hall–Kier alpha value is -0.0800. The zero-order valence-corrected chi connectivity index (χ0v) is 6.68. The monoisotopic (exact) mass is 132 g/mol. The molecule has 0 aliphatic carbocycles. The smallest absolute Gasteiger partial charge is 0.157 e. The first-order chi connectivity index (χ1) is 4.20. The second-order valence-corrected chi connectivity index (χ2v) is 2.53. The highest BCUT2D eigenvalue weighted by Gasteiger charge is 2.06. The summed E-state index contributed by atoms with van der Waals surface area (Å²) in [5.41, 5.74) is 0. The van der Waals surface area contributed by atoms with E-state index in [1.165, 1.54) is 0 Å². The molecule has 0 N–H and O–H groups in total. The molecule has 0 aliphatic rings. The molecule has 0 saturated heterocycles. The van der Waals surface area contributed by atoms with E-state index in [0.29, 0.717) is 5.92 Å². The van der Waals surface area contributed by atoms with Gasteiger partial charge in [0.05, 0.1) is 0 Å². The molecule has 2 nitrogen and oxygen atoms in total. The van der Waals surface area contributed by atoms with Crippen LogP contribution in [0.15, 0.2) is 0 Å². The first kappa shape index (κ1) is 8.92. The van der Waals surface area contributed by atoms with Crippen molar-refractivity contribution in [1.29, 1.82) is 0 Å². The quantitative estimate of drug-likeness (QED) is 0.541. The van der Waals surface area contributed by atoms with E-state index < -0.39 is 0 Å². The van der Waals surface area contributed by atoms with Crippen molar-refractivity contribution < 1.29 is 9.47 Å². The maximum absolute atomic E-state index is 4.99. The average molecular weight is 132 g/mol. The lowest BCUT2D eigenvalue weighted by Gasteiger charge is -2.14. The van der Waals surface area contributed by atoms with E-state index in [4.69, 9.17) is 9.47 Å². The maximum Gasteiger partial charge on any atom is 0.157 e. The molecule has 0 saturated carbocycles. The molecule has 0 amide bonds. The second kappa shape index (κ2) is 4.77. The lowest BCUT2D eigenvalue weighted by molar-refractivity contribution is -0.112. The molecule has 0 heterocycles. The van der Waals surface area contributed by atoms with Crippen LogP contribution in [0.4, 0.5) is 0 Å². The fourth-order valence-electron chi connectivity index (χ4n) is 0.674. The summed E-state index contributed by atoms with van der Waals surface area (Å²) in [5, 5.41) is 0. The molecule has 9 heavy (non-hydrogen) atoms. The van der Waals surface area contributed by atoms with Crippen molar-refractivity contribution in [2.24, 2.45) is 5.92 Å². The zero-order valence-electron chi connectivity index (χ0n) is 6.68. The molecule has 56 valence electrons. The molecule has 0 aliphatic heterocycles. The average Bonchev–Trinajstić information content (AvgIpc) is 1.82. The van der Waals surface area contributed by atoms with E-state index >= 15 is 0 Å². The van der Waals surface area contributed by atoms with Gasteiger partial charge in [0.2, 0.25) is 0 Å². The third-order valence-electron chi connectivity index (χ3n) is 1.19. The summed E-state index contributed by atoms with van der Waals surface area (Å²) in [5.74, 6) is 0.634. The van der Waals surface area contributed by atoms with Gasteiger partial charge in [0, 0.05) is 20.6 Å². The Morgan fingerprint density at radius 1 is 1.11 bits per heavy atom. The van der Waals surface area contributed by atoms with Crippen molar-refractivity contribution in [3.63, 3.8) is 0 Å². The molecule has 0 spiro atoms. The molecular weight excluding hydrogens is 116 g/mol. The van der Waals surface area contributed by atoms with Crippen LogP contribution >= 0.6 is 0 Å². The first-order valence-electron chi connectivity index (χ1n) is 3.26. The molecule has 0 fully saturated rings. The molecule has 0 rings (SSSR count). The summed E-state index contributed by atoms with van der Waals surface area (Å²) in [7, 11) is 3.33. The van der Waals surface area contributed by atoms with Crippen molar-refractivity contribution in [3.8, 4) is 0 Å². The molecular formula is C7H16O2. The molecule has 0 aromatic rings. The normalized spacial score (nSPS) is 11.3. The minimum absolute atomic E-state index is 0.0231. The second-order valence-electron chi connectivity index (χ2n) is 2.53. The predicted octanol–water partition coefficient (Wildman–Crippen LogP) is 1.65. The van der Waals surface area contributed by atoms with Gasteiger partial charge in [-0.15, -0.1) is 0 Å². The van der Waals surface area contributed by atoms with Gasteiger partial charge in [-0.05, 0) is 5.92 Å². The summed E-state index contributed by atoms with van der Waals surface area (Å²) in [4.78, 5) is 0. The number of hydrogen-bond acceptors (Lipinski definition) is 2. The molecule has 0 radical (unpaired) electrons. The molecule has 2 heteroatoms. The van der Waals surface area contributed by atoms with Gasteiger partial charge in [0.25, 0.3) is 0 Å². The van der Waals surface area contributed by atoms with Gasteiger partial charge < -0.3 is 9.47 Å². The minimum Gasteiger partial charge on any atom is -0.356 e. The SMILES string of the molecule is COC(CC(C)C)OC. The Balaban J connectivity index is 3.31. The van der Waals surface area contributed by atoms with Gasteiger partial charge in [-0.25, -0.2) is 0 Å². The minimum atomic E-state index is -0.0231. The summed E-state index contributed by atoms with van der Waals surface area (Å²) >= 11 is 0. The van der Waals surface area contributed by atoms with Gasteiger partial charge >= 0.3 is 0 Å². The Labute approximate surface area is 57.2 Å². The molecule has 0 unspecified atom stereocenters. The first-order valence-corrected chi connectivity index (χ1v) is 3.26. The van der Waals surface area contributed by atoms with Gasteiger partial charge in [-0.1, -0.05) is 13.8 Å². The summed E-state index contributed by atoms with van der Waals surface area (Å²) < 4.78 is 9.98. The van der Waals surface area contributed by atoms with Crippen LogP contribution in [0, 0.1) is 5.92 Å². The Morgan fingerprint density at radius 2 is 1.56 bits per heavy atom. The van der Waals surface area contributed by atoms with E-state index in [0.717, 1.165) is 6.42 Å². The number of hydrogen-bond donors (Lipinski definition) is 0. The van der Waals surface area contributed by atoms with Gasteiger partial charge in [-0.3, -0.25) is 0 Å². The van der Waals surface area contributed by atoms with Crippen molar-refractivity contribution in [3.05, 3.63) is 0 Å². The number of methoxy groups -OCH3 is 2. The van der Waals surface area contributed by atoms with Crippen LogP contribution in [-0.2, 0) is 9.47 Å². The molecule has 0 bridgehead atoms. The summed E-state index contributed by atoms with van der Waals surface area (Å²) in [6.07, 6.45) is 0.942. The van der Waals surface area contributed by atoms with Crippen molar-refractivity contribution >= 4 is 0 Å². The lowest BCUT2D eigenvalue weighted by Crippen LogP contribution is -2.15. The largest absolute Gasteiger partial charge is 0.356 e. The van der Waals surface area contributed by atoms with E-state index in [1.807, 2.05) is 0 Å². The van der Waals surface area contributed by atoms with E-state index in [1.54, 1.807) is 14.2 Å². The van der Waals surface area contributed by atoms with Gasteiger partial charge in [0.1, 0.15) is 0 Å². The zero-order chi connectivity index (χ0) is 7.28. The Morgan fingerprint density at radius 3 is 1.67 bits per heavy atom. The van der Waals surface area contributed by atoms with Crippen LogP contribution in [-0.4, -0.2) is 20.5 Å². The maximum atomic E-state index is 4.99. The lowest BCUT2D eigenvalue weighted by atomic mass is 10.1. The molecule has 0 aromatic heterocycles. The standard InChI is InChI=1S/C7H16O2/c1-6(2)5-7(8-3)9-4/h6-7H,5H2,1-4H3. The summed E-state index contributed by atoms with van der Waals surface area (Å²) in [6, 6.07) is 0. The van der Waals surface area contributed by atoms with Gasteiger partial charge in [0.15, 0.2) is 6.29 Å². The Bertz CT molecular complexity index is 57.9. The van der Waals surface area contributed by atoms with Crippen molar-refractivity contribution in [1.82, 2.24) is 0 Å². The van der Waals surface area contributed by atoms with Crippen molar-refractivity contribution in [2.45, 2.75) is 26.6 Å². The van der Waals surface area contributed by atoms with Crippen LogP contribution < -0.4 is 0 Å². The van der Waals surface area contributed by atoms with Gasteiger partial charge in [-0.2, -0.15) is 0 Å². The molecule has 0 atom stereocenters. The Kier molecular flexibility index (Phi) is 4.72. The highest BCUT2D eigenvalue weighted by Crippen LogP contribution is 2.06. The van der Waals surface area contributed by atoms with Crippen LogP contribution in [0.3, 0.4) is 0 Å². The highest BCUT2D eigenvalue weighted by molar-refractivity contribution is 4.47. The number of rotatable bonds is 4. The van der Waals surface area contributed by atoms with Crippen molar-refractivity contribution in [2.75, 3.05) is 14.2 Å². The van der Waals surface area contributed by atoms with E-state index in [9.17, 15) is 0 Å². The topological polar surface area (TPSA) is 18.5 Å². The molecule has 0 aromatic carbocycles. The van der Waals surface area contributed by atoms with E-state index in [2.05, 4.69) is 13.8 Å². The third kappa shape index (κ3) is 4.43. The summed E-state index contributed by atoms with van der Waals surface area (Å²) in [6.45, 7) is 4.29. The van der Waals surface area contributed by atoms with Crippen LogP contribution in [0.2, 0.25) is 0 Å². The fraction of sp³-hybridized carbons (Fsp3) is 1.00. The van der Waals surface area contributed by atoms with Crippen LogP contribution in [0.1, 0.15) is 20.3 Å². The van der Waals surface area contributed by atoms with E-state index in [-0.39, 0.29) is 6.29 Å². The predicted molar refractivity (Wildman–Crippen MR) is 37.3 cm³/mol. The van der Waals surface area contributed by atoms with Crippen LogP contribution in [0.5, 0.6) is 0 Å². The highest BCUT2D eigenvalue weighted by atomic mass is 16.7. The third-order valence-corrected chi connectivity index (χ3v) is 1.19. The fourth-order valence-corrected chi connectivity index (χ4v) is 0.674.